The highest BCUT2D eigenvalue weighted by molar-refractivity contribution is 5.82. The molecule has 2 aromatic heterocycles. The standard InChI is InChI=1S/C13H19N5/c1-3-5-6-8-18-10-17-11-12(14-7-4-2)15-9-16-13(11)18/h4,9-10H,2-3,5-8H2,1H3,(H,14,15,16). The van der Waals surface area contributed by atoms with Crippen LogP contribution >= 0.6 is 0 Å². The van der Waals surface area contributed by atoms with Crippen molar-refractivity contribution in [2.24, 2.45) is 0 Å². The number of imidazole rings is 1. The molecule has 0 aromatic carbocycles. The topological polar surface area (TPSA) is 55.6 Å². The van der Waals surface area contributed by atoms with Crippen molar-refractivity contribution in [2.45, 2.75) is 32.7 Å². The molecule has 0 aliphatic rings. The number of anilines is 1. The summed E-state index contributed by atoms with van der Waals surface area (Å²) in [4.78, 5) is 12.9. The first kappa shape index (κ1) is 12.5. The van der Waals surface area contributed by atoms with E-state index < -0.39 is 0 Å². The van der Waals surface area contributed by atoms with Crippen molar-refractivity contribution in [3.05, 3.63) is 25.3 Å². The quantitative estimate of drug-likeness (QED) is 0.602. The lowest BCUT2D eigenvalue weighted by Crippen LogP contribution is -2.03. The third kappa shape index (κ3) is 2.67. The number of aromatic nitrogens is 4. The fourth-order valence-electron chi connectivity index (χ4n) is 1.87. The van der Waals surface area contributed by atoms with Gasteiger partial charge in [0.25, 0.3) is 0 Å². The second-order valence-corrected chi connectivity index (χ2v) is 4.21. The van der Waals surface area contributed by atoms with Gasteiger partial charge in [0.2, 0.25) is 0 Å². The predicted molar refractivity (Wildman–Crippen MR) is 73.5 cm³/mol. The molecular weight excluding hydrogens is 226 g/mol. The SMILES string of the molecule is C=CCNc1ncnc2c1ncn2CCCCC. The number of aryl methyl sites for hydroxylation is 1. The van der Waals surface area contributed by atoms with E-state index in [1.54, 1.807) is 12.4 Å². The third-order valence-corrected chi connectivity index (χ3v) is 2.82. The maximum absolute atomic E-state index is 4.39. The molecule has 0 atom stereocenters. The zero-order valence-corrected chi connectivity index (χ0v) is 10.8. The van der Waals surface area contributed by atoms with Crippen molar-refractivity contribution in [3.63, 3.8) is 0 Å². The molecule has 0 spiro atoms. The van der Waals surface area contributed by atoms with Gasteiger partial charge in [-0.1, -0.05) is 25.8 Å². The fourth-order valence-corrected chi connectivity index (χ4v) is 1.87. The Morgan fingerprint density at radius 2 is 2.22 bits per heavy atom. The maximum Gasteiger partial charge on any atom is 0.165 e. The molecule has 5 nitrogen and oxygen atoms in total. The molecule has 0 radical (unpaired) electrons. The van der Waals surface area contributed by atoms with E-state index in [1.165, 1.54) is 12.8 Å². The van der Waals surface area contributed by atoms with Crippen LogP contribution in [-0.2, 0) is 6.54 Å². The van der Waals surface area contributed by atoms with Crippen molar-refractivity contribution in [3.8, 4) is 0 Å². The van der Waals surface area contributed by atoms with Crippen LogP contribution in [0.25, 0.3) is 11.2 Å². The summed E-state index contributed by atoms with van der Waals surface area (Å²) in [6.07, 6.45) is 8.81. The zero-order valence-electron chi connectivity index (χ0n) is 10.8. The first-order valence-corrected chi connectivity index (χ1v) is 6.37. The van der Waals surface area contributed by atoms with Gasteiger partial charge in [0.1, 0.15) is 11.8 Å². The minimum atomic E-state index is 0.675. The lowest BCUT2D eigenvalue weighted by atomic mass is 10.2. The Kier molecular flexibility index (Phi) is 4.28. The molecule has 18 heavy (non-hydrogen) atoms. The van der Waals surface area contributed by atoms with E-state index in [4.69, 9.17) is 0 Å². The summed E-state index contributed by atoms with van der Waals surface area (Å²) in [5, 5.41) is 3.17. The van der Waals surface area contributed by atoms with Crippen LogP contribution in [-0.4, -0.2) is 26.1 Å². The van der Waals surface area contributed by atoms with Crippen LogP contribution in [0, 0.1) is 0 Å². The molecule has 2 rings (SSSR count). The van der Waals surface area contributed by atoms with Gasteiger partial charge in [0, 0.05) is 13.1 Å². The summed E-state index contributed by atoms with van der Waals surface area (Å²) in [6.45, 7) is 7.52. The molecule has 0 unspecified atom stereocenters. The third-order valence-electron chi connectivity index (χ3n) is 2.82. The Hall–Kier alpha value is -1.91. The van der Waals surface area contributed by atoms with Crippen LogP contribution in [0.2, 0.25) is 0 Å². The normalized spacial score (nSPS) is 10.7. The molecular formula is C13H19N5. The summed E-state index contributed by atoms with van der Waals surface area (Å²) in [5.41, 5.74) is 1.73. The van der Waals surface area contributed by atoms with Crippen molar-refractivity contribution in [2.75, 3.05) is 11.9 Å². The highest BCUT2D eigenvalue weighted by Gasteiger charge is 2.08. The number of rotatable bonds is 7. The maximum atomic E-state index is 4.39. The molecule has 0 bridgehead atoms. The molecule has 0 amide bonds. The zero-order chi connectivity index (χ0) is 12.8. The molecule has 2 heterocycles. The number of unbranched alkanes of at least 4 members (excludes halogenated alkanes) is 2. The second kappa shape index (κ2) is 6.14. The van der Waals surface area contributed by atoms with Gasteiger partial charge in [0.15, 0.2) is 11.5 Å². The van der Waals surface area contributed by atoms with Gasteiger partial charge >= 0.3 is 0 Å². The van der Waals surface area contributed by atoms with Crippen LogP contribution in [0.15, 0.2) is 25.3 Å². The van der Waals surface area contributed by atoms with Crippen molar-refractivity contribution in [1.29, 1.82) is 0 Å². The average molecular weight is 245 g/mol. The van der Waals surface area contributed by atoms with Crippen molar-refractivity contribution < 1.29 is 0 Å². The van der Waals surface area contributed by atoms with Crippen LogP contribution in [0.1, 0.15) is 26.2 Å². The van der Waals surface area contributed by atoms with E-state index in [-0.39, 0.29) is 0 Å². The van der Waals surface area contributed by atoms with Gasteiger partial charge in [0.05, 0.1) is 6.33 Å². The summed E-state index contributed by atoms with van der Waals surface area (Å²) >= 11 is 0. The van der Waals surface area contributed by atoms with Crippen LogP contribution < -0.4 is 5.32 Å². The Bertz CT molecular complexity index is 517. The Balaban J connectivity index is 2.21. The van der Waals surface area contributed by atoms with Crippen molar-refractivity contribution in [1.82, 2.24) is 19.5 Å². The van der Waals surface area contributed by atoms with Crippen LogP contribution in [0.4, 0.5) is 5.82 Å². The van der Waals surface area contributed by atoms with E-state index >= 15 is 0 Å². The molecule has 0 fully saturated rings. The number of fused-ring (bicyclic) bond motifs is 1. The Morgan fingerprint density at radius 1 is 1.33 bits per heavy atom. The summed E-state index contributed by atoms with van der Waals surface area (Å²) in [5.74, 6) is 0.772. The van der Waals surface area contributed by atoms with E-state index in [2.05, 4.69) is 38.3 Å². The summed E-state index contributed by atoms with van der Waals surface area (Å²) < 4.78 is 2.09. The van der Waals surface area contributed by atoms with E-state index in [0.717, 1.165) is 29.9 Å². The molecule has 2 aromatic rings. The van der Waals surface area contributed by atoms with Crippen molar-refractivity contribution >= 4 is 17.0 Å². The van der Waals surface area contributed by atoms with Gasteiger partial charge in [-0.05, 0) is 6.42 Å². The minimum Gasteiger partial charge on any atom is -0.365 e. The second-order valence-electron chi connectivity index (χ2n) is 4.21. The highest BCUT2D eigenvalue weighted by Crippen LogP contribution is 2.17. The number of nitrogens with zero attached hydrogens (tertiary/aromatic N) is 4. The van der Waals surface area contributed by atoms with Gasteiger partial charge in [-0.25, -0.2) is 15.0 Å². The van der Waals surface area contributed by atoms with E-state index in [9.17, 15) is 0 Å². The number of hydrogen-bond acceptors (Lipinski definition) is 4. The number of nitrogens with one attached hydrogen (secondary N) is 1. The predicted octanol–water partition coefficient (Wildman–Crippen LogP) is 2.61. The number of hydrogen-bond donors (Lipinski definition) is 1. The molecule has 0 aliphatic carbocycles. The first-order chi connectivity index (χ1) is 8.86. The molecule has 0 saturated carbocycles. The smallest absolute Gasteiger partial charge is 0.165 e. The molecule has 5 heteroatoms. The van der Waals surface area contributed by atoms with Gasteiger partial charge in [-0.2, -0.15) is 0 Å². The fraction of sp³-hybridized carbons (Fsp3) is 0.462. The van der Waals surface area contributed by atoms with E-state index in [0.29, 0.717) is 6.54 Å². The average Bonchev–Trinajstić information content (AvgIpc) is 2.81. The van der Waals surface area contributed by atoms with Gasteiger partial charge < -0.3 is 9.88 Å². The van der Waals surface area contributed by atoms with E-state index in [1.807, 2.05) is 6.33 Å². The van der Waals surface area contributed by atoms with Gasteiger partial charge in [-0.15, -0.1) is 6.58 Å². The first-order valence-electron chi connectivity index (χ1n) is 6.37. The van der Waals surface area contributed by atoms with Crippen LogP contribution in [0.5, 0.6) is 0 Å². The lowest BCUT2D eigenvalue weighted by Gasteiger charge is -2.04. The highest BCUT2D eigenvalue weighted by atomic mass is 15.1. The monoisotopic (exact) mass is 245 g/mol. The van der Waals surface area contributed by atoms with Gasteiger partial charge in [-0.3, -0.25) is 0 Å². The van der Waals surface area contributed by atoms with Crippen LogP contribution in [0.3, 0.4) is 0 Å². The molecule has 0 saturated heterocycles. The summed E-state index contributed by atoms with van der Waals surface area (Å²) in [7, 11) is 0. The minimum absolute atomic E-state index is 0.675. The Labute approximate surface area is 107 Å². The molecule has 1 N–H and O–H groups in total. The lowest BCUT2D eigenvalue weighted by molar-refractivity contribution is 0.610. The molecule has 96 valence electrons. The largest absolute Gasteiger partial charge is 0.365 e. The molecule has 0 aliphatic heterocycles. The Morgan fingerprint density at radius 3 is 3.00 bits per heavy atom. The summed E-state index contributed by atoms with van der Waals surface area (Å²) in [6, 6.07) is 0.